The molecule has 0 saturated heterocycles. The fourth-order valence-electron chi connectivity index (χ4n) is 3.39. The van der Waals surface area contributed by atoms with Gasteiger partial charge < -0.3 is 19.8 Å². The standard InChI is InChI=1S/C27H32N2O4/c1-5-18(4)28-20-8-12-22(13-9-20)32-23-14-10-21(11-15-23)29-27(31)25-17-16-24(33-25)26(30)19(6-2)7-3/h8-19,28H,5-7H2,1-4H3,(H,29,31). The maximum atomic E-state index is 12.5. The molecule has 1 aromatic heterocycles. The molecule has 3 aromatic rings. The number of Topliss-reactive ketones (excluding diaryl/α,β-unsaturated/α-hetero) is 1. The van der Waals surface area contributed by atoms with Crippen LogP contribution >= 0.6 is 0 Å². The van der Waals surface area contributed by atoms with E-state index >= 15 is 0 Å². The molecule has 0 aliphatic heterocycles. The zero-order valence-electron chi connectivity index (χ0n) is 19.7. The summed E-state index contributed by atoms with van der Waals surface area (Å²) in [6.07, 6.45) is 2.54. The van der Waals surface area contributed by atoms with Crippen molar-refractivity contribution in [2.45, 2.75) is 53.0 Å². The minimum absolute atomic E-state index is 0.0655. The van der Waals surface area contributed by atoms with Gasteiger partial charge in [0.15, 0.2) is 11.5 Å². The highest BCUT2D eigenvalue weighted by Gasteiger charge is 2.21. The second kappa shape index (κ2) is 11.4. The van der Waals surface area contributed by atoms with Crippen LogP contribution in [0.2, 0.25) is 0 Å². The first-order valence-electron chi connectivity index (χ1n) is 11.5. The first-order valence-corrected chi connectivity index (χ1v) is 11.5. The Morgan fingerprint density at radius 3 is 1.88 bits per heavy atom. The fourth-order valence-corrected chi connectivity index (χ4v) is 3.39. The Morgan fingerprint density at radius 2 is 1.33 bits per heavy atom. The van der Waals surface area contributed by atoms with Crippen molar-refractivity contribution < 1.29 is 18.7 Å². The van der Waals surface area contributed by atoms with Crippen molar-refractivity contribution in [2.75, 3.05) is 10.6 Å². The molecular formula is C27H32N2O4. The summed E-state index contributed by atoms with van der Waals surface area (Å²) in [6.45, 7) is 8.22. The molecule has 174 valence electrons. The van der Waals surface area contributed by atoms with Gasteiger partial charge in [0.25, 0.3) is 5.91 Å². The molecule has 0 aliphatic carbocycles. The normalized spacial score (nSPS) is 11.8. The Kier molecular flexibility index (Phi) is 8.30. The molecule has 1 unspecified atom stereocenters. The Morgan fingerprint density at radius 1 is 0.788 bits per heavy atom. The quantitative estimate of drug-likeness (QED) is 0.304. The van der Waals surface area contributed by atoms with Gasteiger partial charge in [0, 0.05) is 23.3 Å². The molecule has 1 amide bonds. The molecule has 0 spiro atoms. The predicted molar refractivity (Wildman–Crippen MR) is 131 cm³/mol. The van der Waals surface area contributed by atoms with Crippen molar-refractivity contribution in [1.29, 1.82) is 0 Å². The third kappa shape index (κ3) is 6.48. The van der Waals surface area contributed by atoms with Gasteiger partial charge in [0.05, 0.1) is 0 Å². The lowest BCUT2D eigenvalue weighted by Gasteiger charge is -2.13. The molecule has 0 radical (unpaired) electrons. The van der Waals surface area contributed by atoms with E-state index in [1.54, 1.807) is 30.3 Å². The molecular weight excluding hydrogens is 416 g/mol. The molecule has 3 rings (SSSR count). The second-order valence-electron chi connectivity index (χ2n) is 8.10. The summed E-state index contributed by atoms with van der Waals surface area (Å²) < 4.78 is 11.4. The summed E-state index contributed by atoms with van der Waals surface area (Å²) in [5, 5.41) is 6.20. The van der Waals surface area contributed by atoms with Crippen molar-refractivity contribution in [3.8, 4) is 11.5 Å². The van der Waals surface area contributed by atoms with Gasteiger partial charge in [-0.2, -0.15) is 0 Å². The second-order valence-corrected chi connectivity index (χ2v) is 8.10. The number of hydrogen-bond donors (Lipinski definition) is 2. The molecule has 0 bridgehead atoms. The molecule has 6 heteroatoms. The van der Waals surface area contributed by atoms with E-state index in [0.717, 1.165) is 30.7 Å². The molecule has 1 atom stereocenters. The Bertz CT molecular complexity index is 1050. The number of carbonyl (C=O) groups excluding carboxylic acids is 2. The van der Waals surface area contributed by atoms with Crippen LogP contribution in [0.1, 0.15) is 68.1 Å². The van der Waals surface area contributed by atoms with Crippen molar-refractivity contribution in [1.82, 2.24) is 0 Å². The van der Waals surface area contributed by atoms with Gasteiger partial charge in [-0.05, 0) is 86.8 Å². The molecule has 33 heavy (non-hydrogen) atoms. The number of hydrogen-bond acceptors (Lipinski definition) is 5. The Balaban J connectivity index is 1.57. The van der Waals surface area contributed by atoms with E-state index in [2.05, 4.69) is 24.5 Å². The number of ketones is 1. The van der Waals surface area contributed by atoms with Gasteiger partial charge in [-0.25, -0.2) is 0 Å². The summed E-state index contributed by atoms with van der Waals surface area (Å²) in [5.41, 5.74) is 1.65. The van der Waals surface area contributed by atoms with Crippen molar-refractivity contribution in [3.63, 3.8) is 0 Å². The average Bonchev–Trinajstić information content (AvgIpc) is 3.33. The molecule has 2 aromatic carbocycles. The number of carbonyl (C=O) groups is 2. The monoisotopic (exact) mass is 448 g/mol. The van der Waals surface area contributed by atoms with Crippen molar-refractivity contribution in [3.05, 3.63) is 72.2 Å². The smallest absolute Gasteiger partial charge is 0.291 e. The van der Waals surface area contributed by atoms with Gasteiger partial charge in [-0.3, -0.25) is 9.59 Å². The van der Waals surface area contributed by atoms with E-state index < -0.39 is 5.91 Å². The maximum absolute atomic E-state index is 12.5. The van der Waals surface area contributed by atoms with Crippen LogP contribution in [0.5, 0.6) is 11.5 Å². The highest BCUT2D eigenvalue weighted by molar-refractivity contribution is 6.03. The number of amides is 1. The predicted octanol–water partition coefficient (Wildman–Crippen LogP) is 7.15. The highest BCUT2D eigenvalue weighted by Crippen LogP contribution is 2.25. The minimum Gasteiger partial charge on any atom is -0.457 e. The molecule has 0 fully saturated rings. The van der Waals surface area contributed by atoms with E-state index in [1.807, 2.05) is 38.1 Å². The topological polar surface area (TPSA) is 80.6 Å². The molecule has 1 heterocycles. The van der Waals surface area contributed by atoms with E-state index in [-0.39, 0.29) is 23.2 Å². The van der Waals surface area contributed by atoms with E-state index in [9.17, 15) is 9.59 Å². The summed E-state index contributed by atoms with van der Waals surface area (Å²) in [5.74, 6) is 1.16. The number of rotatable bonds is 11. The average molecular weight is 449 g/mol. The van der Waals surface area contributed by atoms with Gasteiger partial charge in [-0.1, -0.05) is 20.8 Å². The van der Waals surface area contributed by atoms with Gasteiger partial charge in [0.1, 0.15) is 11.5 Å². The number of benzene rings is 2. The van der Waals surface area contributed by atoms with Crippen molar-refractivity contribution >= 4 is 23.1 Å². The van der Waals surface area contributed by atoms with E-state index in [4.69, 9.17) is 9.15 Å². The lowest BCUT2D eigenvalue weighted by atomic mass is 9.97. The van der Waals surface area contributed by atoms with Crippen LogP contribution in [-0.4, -0.2) is 17.7 Å². The molecule has 2 N–H and O–H groups in total. The third-order valence-corrected chi connectivity index (χ3v) is 5.66. The van der Waals surface area contributed by atoms with Gasteiger partial charge in [0.2, 0.25) is 5.78 Å². The number of nitrogens with one attached hydrogen (secondary N) is 2. The number of anilines is 2. The SMILES string of the molecule is CCC(C)Nc1ccc(Oc2ccc(NC(=O)c3ccc(C(=O)C(CC)CC)o3)cc2)cc1. The molecule has 6 nitrogen and oxygen atoms in total. The molecule has 0 saturated carbocycles. The van der Waals surface area contributed by atoms with Crippen molar-refractivity contribution in [2.24, 2.45) is 5.92 Å². The zero-order valence-corrected chi connectivity index (χ0v) is 19.7. The maximum Gasteiger partial charge on any atom is 0.291 e. The Labute approximate surface area is 195 Å². The Hall–Kier alpha value is -3.54. The summed E-state index contributed by atoms with van der Waals surface area (Å²) in [7, 11) is 0. The summed E-state index contributed by atoms with van der Waals surface area (Å²) >= 11 is 0. The van der Waals surface area contributed by atoms with Gasteiger partial charge >= 0.3 is 0 Å². The van der Waals surface area contributed by atoms with Crippen LogP contribution in [0.25, 0.3) is 0 Å². The van der Waals surface area contributed by atoms with Gasteiger partial charge in [-0.15, -0.1) is 0 Å². The van der Waals surface area contributed by atoms with E-state index in [1.165, 1.54) is 6.07 Å². The lowest BCUT2D eigenvalue weighted by molar-refractivity contribution is 0.0879. The van der Waals surface area contributed by atoms with Crippen LogP contribution in [0.3, 0.4) is 0 Å². The highest BCUT2D eigenvalue weighted by atomic mass is 16.5. The van der Waals surface area contributed by atoms with Crippen LogP contribution in [0.15, 0.2) is 65.1 Å². The fraction of sp³-hybridized carbons (Fsp3) is 0.333. The van der Waals surface area contributed by atoms with Crippen LogP contribution in [0, 0.1) is 5.92 Å². The number of ether oxygens (including phenoxy) is 1. The summed E-state index contributed by atoms with van der Waals surface area (Å²) in [4.78, 5) is 24.9. The minimum atomic E-state index is -0.406. The largest absolute Gasteiger partial charge is 0.457 e. The van der Waals surface area contributed by atoms with Crippen LogP contribution in [0.4, 0.5) is 11.4 Å². The van der Waals surface area contributed by atoms with Crippen LogP contribution in [-0.2, 0) is 0 Å². The first kappa shape index (κ1) is 24.1. The zero-order chi connectivity index (χ0) is 23.8. The summed E-state index contributed by atoms with van der Waals surface area (Å²) in [6, 6.07) is 18.4. The lowest BCUT2D eigenvalue weighted by Crippen LogP contribution is -2.13. The molecule has 0 aliphatic rings. The van der Waals surface area contributed by atoms with E-state index in [0.29, 0.717) is 17.5 Å². The third-order valence-electron chi connectivity index (χ3n) is 5.66. The van der Waals surface area contributed by atoms with Crippen LogP contribution < -0.4 is 15.4 Å². The number of furan rings is 1. The first-order chi connectivity index (χ1) is 15.9.